The monoisotopic (exact) mass is 386 g/mol. The van der Waals surface area contributed by atoms with Crippen molar-refractivity contribution in [3.63, 3.8) is 0 Å². The molecule has 1 amide bonds. The molecule has 4 rings (SSSR count). The van der Waals surface area contributed by atoms with E-state index in [1.54, 1.807) is 12.4 Å². The third-order valence-electron chi connectivity index (χ3n) is 5.52. The Labute approximate surface area is 172 Å². The first kappa shape index (κ1) is 19.1. The fourth-order valence-corrected chi connectivity index (χ4v) is 3.87. The van der Waals surface area contributed by atoms with Crippen molar-refractivity contribution >= 4 is 11.9 Å². The summed E-state index contributed by atoms with van der Waals surface area (Å²) in [6.45, 7) is 6.48. The minimum absolute atomic E-state index is 0.0944. The molecular formula is C24H26N4O. The largest absolute Gasteiger partial charge is 0.337 e. The van der Waals surface area contributed by atoms with Gasteiger partial charge in [0.25, 0.3) is 5.91 Å². The molecule has 1 fully saturated rings. The molecule has 0 radical (unpaired) electrons. The van der Waals surface area contributed by atoms with Gasteiger partial charge in [-0.25, -0.2) is 9.97 Å². The molecule has 29 heavy (non-hydrogen) atoms. The van der Waals surface area contributed by atoms with Gasteiger partial charge in [0.15, 0.2) is 0 Å². The van der Waals surface area contributed by atoms with E-state index in [1.807, 2.05) is 53.4 Å². The Balaban J connectivity index is 1.51. The molecule has 0 aliphatic carbocycles. The summed E-state index contributed by atoms with van der Waals surface area (Å²) in [4.78, 5) is 26.2. The van der Waals surface area contributed by atoms with Crippen LogP contribution < -0.4 is 4.90 Å². The Kier molecular flexibility index (Phi) is 5.56. The Hall–Kier alpha value is -3.21. The molecule has 2 heterocycles. The highest BCUT2D eigenvalue weighted by Crippen LogP contribution is 2.24. The van der Waals surface area contributed by atoms with Gasteiger partial charge in [-0.05, 0) is 35.2 Å². The number of hydrogen-bond acceptors (Lipinski definition) is 4. The van der Waals surface area contributed by atoms with Gasteiger partial charge in [0.05, 0.1) is 6.04 Å². The first-order chi connectivity index (χ1) is 14.1. The van der Waals surface area contributed by atoms with Crippen LogP contribution in [0.1, 0.15) is 24.2 Å². The maximum Gasteiger partial charge on any atom is 0.254 e. The average Bonchev–Trinajstić information content (AvgIpc) is 2.79. The van der Waals surface area contributed by atoms with E-state index in [2.05, 4.69) is 40.8 Å². The number of aromatic nitrogens is 2. The van der Waals surface area contributed by atoms with Crippen LogP contribution in [-0.2, 0) is 0 Å². The number of hydrogen-bond donors (Lipinski definition) is 0. The molecule has 0 bridgehead atoms. The van der Waals surface area contributed by atoms with Gasteiger partial charge < -0.3 is 9.80 Å². The topological polar surface area (TPSA) is 49.3 Å². The number of piperazine rings is 1. The zero-order valence-corrected chi connectivity index (χ0v) is 16.9. The van der Waals surface area contributed by atoms with Crippen molar-refractivity contribution in [2.24, 2.45) is 5.92 Å². The molecule has 5 nitrogen and oxygen atoms in total. The average molecular weight is 386 g/mol. The van der Waals surface area contributed by atoms with Crippen molar-refractivity contribution in [3.8, 4) is 11.1 Å². The third-order valence-corrected chi connectivity index (χ3v) is 5.52. The van der Waals surface area contributed by atoms with E-state index in [0.29, 0.717) is 12.5 Å². The number of amides is 1. The fraction of sp³-hybridized carbons (Fsp3) is 0.292. The quantitative estimate of drug-likeness (QED) is 0.676. The van der Waals surface area contributed by atoms with E-state index in [-0.39, 0.29) is 11.9 Å². The molecule has 1 saturated heterocycles. The summed E-state index contributed by atoms with van der Waals surface area (Å²) < 4.78 is 0. The summed E-state index contributed by atoms with van der Waals surface area (Å²) in [6, 6.07) is 20.1. The van der Waals surface area contributed by atoms with Crippen LogP contribution >= 0.6 is 0 Å². The van der Waals surface area contributed by atoms with Gasteiger partial charge >= 0.3 is 0 Å². The molecule has 5 heteroatoms. The first-order valence-electron chi connectivity index (χ1n) is 10.1. The predicted molar refractivity (Wildman–Crippen MR) is 116 cm³/mol. The van der Waals surface area contributed by atoms with Crippen LogP contribution in [0.5, 0.6) is 0 Å². The highest BCUT2D eigenvalue weighted by molar-refractivity contribution is 5.95. The zero-order chi connectivity index (χ0) is 20.2. The molecule has 1 aliphatic rings. The first-order valence-corrected chi connectivity index (χ1v) is 10.1. The van der Waals surface area contributed by atoms with Crippen LogP contribution in [-0.4, -0.2) is 46.5 Å². The summed E-state index contributed by atoms with van der Waals surface area (Å²) >= 11 is 0. The minimum atomic E-state index is 0.0944. The fourth-order valence-electron chi connectivity index (χ4n) is 3.87. The minimum Gasteiger partial charge on any atom is -0.337 e. The highest BCUT2D eigenvalue weighted by Gasteiger charge is 2.33. The summed E-state index contributed by atoms with van der Waals surface area (Å²) in [5.74, 6) is 1.17. The molecule has 148 valence electrons. The Bertz CT molecular complexity index is 942. The molecule has 1 atom stereocenters. The van der Waals surface area contributed by atoms with E-state index in [4.69, 9.17) is 0 Å². The van der Waals surface area contributed by atoms with Crippen molar-refractivity contribution < 1.29 is 4.79 Å². The van der Waals surface area contributed by atoms with Gasteiger partial charge in [-0.2, -0.15) is 0 Å². The lowest BCUT2D eigenvalue weighted by Gasteiger charge is -2.43. The van der Waals surface area contributed by atoms with Gasteiger partial charge in [-0.3, -0.25) is 4.79 Å². The lowest BCUT2D eigenvalue weighted by Crippen LogP contribution is -2.57. The Morgan fingerprint density at radius 2 is 1.55 bits per heavy atom. The smallest absolute Gasteiger partial charge is 0.254 e. The van der Waals surface area contributed by atoms with Crippen LogP contribution in [0.4, 0.5) is 5.95 Å². The summed E-state index contributed by atoms with van der Waals surface area (Å²) in [5.41, 5.74) is 3.01. The van der Waals surface area contributed by atoms with Crippen LogP contribution in [0.15, 0.2) is 73.1 Å². The Morgan fingerprint density at radius 3 is 2.21 bits per heavy atom. The van der Waals surface area contributed by atoms with E-state index in [9.17, 15) is 4.79 Å². The van der Waals surface area contributed by atoms with Crippen molar-refractivity contribution in [2.75, 3.05) is 24.5 Å². The number of nitrogens with zero attached hydrogens (tertiary/aromatic N) is 4. The number of carbonyl (C=O) groups is 1. The van der Waals surface area contributed by atoms with Crippen molar-refractivity contribution in [2.45, 2.75) is 19.9 Å². The standard InChI is InChI=1S/C24H26N4O/c1-18(2)22-17-27(24-25-13-6-14-26-24)15-16-28(22)23(29)21-11-9-20(10-12-21)19-7-4-3-5-8-19/h3-14,18,22H,15-17H2,1-2H3/t22-/m1/s1. The molecule has 0 unspecified atom stereocenters. The van der Waals surface area contributed by atoms with Gasteiger partial charge in [0.1, 0.15) is 0 Å². The number of benzene rings is 2. The normalized spacial score (nSPS) is 16.9. The van der Waals surface area contributed by atoms with Crippen LogP contribution in [0.2, 0.25) is 0 Å². The molecule has 0 N–H and O–H groups in total. The molecule has 1 aromatic heterocycles. The van der Waals surface area contributed by atoms with Gasteiger partial charge in [0.2, 0.25) is 5.95 Å². The number of carbonyl (C=O) groups excluding carboxylic acids is 1. The molecule has 1 aliphatic heterocycles. The molecular weight excluding hydrogens is 360 g/mol. The zero-order valence-electron chi connectivity index (χ0n) is 16.9. The van der Waals surface area contributed by atoms with E-state index < -0.39 is 0 Å². The van der Waals surface area contributed by atoms with Gasteiger partial charge in [-0.15, -0.1) is 0 Å². The highest BCUT2D eigenvalue weighted by atomic mass is 16.2. The second-order valence-electron chi connectivity index (χ2n) is 7.75. The van der Waals surface area contributed by atoms with Crippen molar-refractivity contribution in [1.29, 1.82) is 0 Å². The van der Waals surface area contributed by atoms with Gasteiger partial charge in [-0.1, -0.05) is 56.3 Å². The lowest BCUT2D eigenvalue weighted by molar-refractivity contribution is 0.0598. The molecule has 0 spiro atoms. The second-order valence-corrected chi connectivity index (χ2v) is 7.75. The maximum absolute atomic E-state index is 13.3. The number of rotatable bonds is 4. The third kappa shape index (κ3) is 4.14. The van der Waals surface area contributed by atoms with Crippen molar-refractivity contribution in [3.05, 3.63) is 78.6 Å². The summed E-state index contributed by atoms with van der Waals surface area (Å²) in [6.07, 6.45) is 3.52. The number of anilines is 1. The Morgan fingerprint density at radius 1 is 0.897 bits per heavy atom. The van der Waals surface area contributed by atoms with Crippen LogP contribution in [0, 0.1) is 5.92 Å². The molecule has 2 aromatic carbocycles. The second kappa shape index (κ2) is 8.43. The van der Waals surface area contributed by atoms with Crippen molar-refractivity contribution in [1.82, 2.24) is 14.9 Å². The summed E-state index contributed by atoms with van der Waals surface area (Å²) in [5, 5.41) is 0. The van der Waals surface area contributed by atoms with Crippen LogP contribution in [0.25, 0.3) is 11.1 Å². The van der Waals surface area contributed by atoms with E-state index >= 15 is 0 Å². The molecule has 0 saturated carbocycles. The predicted octanol–water partition coefficient (Wildman–Crippen LogP) is 4.13. The lowest BCUT2D eigenvalue weighted by atomic mass is 9.98. The van der Waals surface area contributed by atoms with Crippen LogP contribution in [0.3, 0.4) is 0 Å². The maximum atomic E-state index is 13.3. The molecule has 3 aromatic rings. The van der Waals surface area contributed by atoms with Gasteiger partial charge in [0, 0.05) is 37.6 Å². The van der Waals surface area contributed by atoms with E-state index in [1.165, 1.54) is 0 Å². The van der Waals surface area contributed by atoms with E-state index in [0.717, 1.165) is 35.7 Å². The SMILES string of the molecule is CC(C)[C@H]1CN(c2ncccn2)CCN1C(=O)c1ccc(-c2ccccc2)cc1. The summed E-state index contributed by atoms with van der Waals surface area (Å²) in [7, 11) is 0.